The van der Waals surface area contributed by atoms with Crippen molar-refractivity contribution in [2.24, 2.45) is 0 Å². The van der Waals surface area contributed by atoms with Crippen LogP contribution in [0, 0.1) is 0 Å². The Kier molecular flexibility index (Phi) is 7.39. The average Bonchev–Trinajstić information content (AvgIpc) is 3.44. The van der Waals surface area contributed by atoms with Crippen molar-refractivity contribution in [1.82, 2.24) is 19.4 Å². The smallest absolute Gasteiger partial charge is 0.331 e. The zero-order valence-electron chi connectivity index (χ0n) is 21.0. The van der Waals surface area contributed by atoms with Gasteiger partial charge in [0, 0.05) is 50.9 Å². The van der Waals surface area contributed by atoms with E-state index < -0.39 is 11.2 Å². The van der Waals surface area contributed by atoms with Gasteiger partial charge in [-0.3, -0.25) is 23.5 Å². The fourth-order valence-electron chi connectivity index (χ4n) is 5.39. The Balaban J connectivity index is 1.32. The van der Waals surface area contributed by atoms with E-state index in [4.69, 9.17) is 0 Å². The number of aromatic nitrogens is 2. The van der Waals surface area contributed by atoms with Crippen molar-refractivity contribution >= 4 is 28.4 Å². The van der Waals surface area contributed by atoms with Crippen molar-refractivity contribution in [1.29, 1.82) is 0 Å². The van der Waals surface area contributed by atoms with Crippen LogP contribution in [0.2, 0.25) is 0 Å². The van der Waals surface area contributed by atoms with Crippen LogP contribution in [0.4, 0.5) is 5.69 Å². The van der Waals surface area contributed by atoms with Gasteiger partial charge in [0.25, 0.3) is 5.56 Å². The molecule has 2 aromatic carbocycles. The van der Waals surface area contributed by atoms with Gasteiger partial charge in [-0.25, -0.2) is 4.79 Å². The van der Waals surface area contributed by atoms with Gasteiger partial charge in [-0.1, -0.05) is 43.2 Å². The summed E-state index contributed by atoms with van der Waals surface area (Å²) in [5.74, 6) is -0.325. The highest BCUT2D eigenvalue weighted by molar-refractivity contribution is 5.82. The van der Waals surface area contributed by atoms with E-state index in [-0.39, 0.29) is 37.4 Å². The monoisotopic (exact) mass is 503 g/mol. The number of piperazine rings is 1. The first-order chi connectivity index (χ1) is 18.0. The van der Waals surface area contributed by atoms with Gasteiger partial charge >= 0.3 is 5.69 Å². The molecular weight excluding hydrogens is 470 g/mol. The van der Waals surface area contributed by atoms with E-state index in [0.29, 0.717) is 37.1 Å². The molecule has 9 heteroatoms. The maximum atomic E-state index is 13.4. The quantitative estimate of drug-likeness (QED) is 0.532. The molecule has 2 heterocycles. The Bertz CT molecular complexity index is 1380. The molecular formula is C28H33N5O4. The largest absolute Gasteiger partial charge is 0.368 e. The van der Waals surface area contributed by atoms with Gasteiger partial charge in [-0.2, -0.15) is 0 Å². The molecule has 1 saturated carbocycles. The number of hydrogen-bond donors (Lipinski definition) is 1. The van der Waals surface area contributed by atoms with E-state index in [2.05, 4.69) is 22.3 Å². The van der Waals surface area contributed by atoms with Gasteiger partial charge in [0.1, 0.15) is 6.54 Å². The molecule has 9 nitrogen and oxygen atoms in total. The molecule has 2 amide bonds. The first kappa shape index (κ1) is 24.8. The molecule has 0 spiro atoms. The summed E-state index contributed by atoms with van der Waals surface area (Å²) in [4.78, 5) is 56.3. The molecule has 0 bridgehead atoms. The zero-order chi connectivity index (χ0) is 25.8. The predicted molar refractivity (Wildman–Crippen MR) is 143 cm³/mol. The maximum absolute atomic E-state index is 13.4. The van der Waals surface area contributed by atoms with Crippen LogP contribution in [-0.4, -0.2) is 58.1 Å². The number of carbonyl (C=O) groups is 2. The number of hydrogen-bond acceptors (Lipinski definition) is 5. The van der Waals surface area contributed by atoms with E-state index in [1.165, 1.54) is 4.57 Å². The Labute approximate surface area is 215 Å². The topological polar surface area (TPSA) is 96.7 Å². The van der Waals surface area contributed by atoms with Crippen LogP contribution < -0.4 is 21.5 Å². The molecule has 1 N–H and O–H groups in total. The number of carbonyl (C=O) groups excluding carboxylic acids is 2. The minimum absolute atomic E-state index is 0.0228. The molecule has 2 fully saturated rings. The summed E-state index contributed by atoms with van der Waals surface area (Å²) in [5, 5.41) is 3.36. The van der Waals surface area contributed by atoms with Gasteiger partial charge in [0.05, 0.1) is 10.9 Å². The Morgan fingerprint density at radius 1 is 0.838 bits per heavy atom. The Morgan fingerprint density at radius 3 is 2.24 bits per heavy atom. The Morgan fingerprint density at radius 2 is 1.51 bits per heavy atom. The second kappa shape index (κ2) is 11.0. The summed E-state index contributed by atoms with van der Waals surface area (Å²) in [6.07, 6.45) is 4.19. The summed E-state index contributed by atoms with van der Waals surface area (Å²) in [6, 6.07) is 17.1. The van der Waals surface area contributed by atoms with Crippen molar-refractivity contribution < 1.29 is 9.59 Å². The number of rotatable bonds is 7. The molecule has 2 aliphatic rings. The maximum Gasteiger partial charge on any atom is 0.331 e. The van der Waals surface area contributed by atoms with Crippen molar-refractivity contribution in [2.45, 2.75) is 51.2 Å². The Hall–Kier alpha value is -3.88. The van der Waals surface area contributed by atoms with Gasteiger partial charge in [0.15, 0.2) is 0 Å². The van der Waals surface area contributed by atoms with Gasteiger partial charge in [-0.15, -0.1) is 0 Å². The average molecular weight is 504 g/mol. The predicted octanol–water partition coefficient (Wildman–Crippen LogP) is 1.96. The number of amides is 2. The summed E-state index contributed by atoms with van der Waals surface area (Å²) < 4.78 is 2.47. The lowest BCUT2D eigenvalue weighted by atomic mass is 10.2. The summed E-state index contributed by atoms with van der Waals surface area (Å²) >= 11 is 0. The molecule has 1 aromatic heterocycles. The van der Waals surface area contributed by atoms with Crippen molar-refractivity contribution in [3.63, 3.8) is 0 Å². The first-order valence-electron chi connectivity index (χ1n) is 13.1. The molecule has 0 unspecified atom stereocenters. The third kappa shape index (κ3) is 5.45. The normalized spacial score (nSPS) is 16.3. The number of nitrogens with one attached hydrogen (secondary N) is 1. The summed E-state index contributed by atoms with van der Waals surface area (Å²) in [6.45, 7) is 2.36. The number of benzene rings is 2. The van der Waals surface area contributed by atoms with Crippen LogP contribution >= 0.6 is 0 Å². The van der Waals surface area contributed by atoms with Crippen LogP contribution in [0.5, 0.6) is 0 Å². The molecule has 0 radical (unpaired) electrons. The standard InChI is InChI=1S/C28H33N5O4/c34-25(29-21-8-4-5-9-21)14-15-32-27(36)23-12-6-7-13-24(23)33(28(32)37)20-26(35)31-18-16-30(17-19-31)22-10-2-1-3-11-22/h1-3,6-7,10-13,21H,4-5,8-9,14-20H2,(H,29,34). The highest BCUT2D eigenvalue weighted by atomic mass is 16.2. The van der Waals surface area contributed by atoms with Crippen LogP contribution in [-0.2, 0) is 22.7 Å². The number of fused-ring (bicyclic) bond motifs is 1. The third-order valence-electron chi connectivity index (χ3n) is 7.46. The van der Waals surface area contributed by atoms with Crippen molar-refractivity contribution in [3.8, 4) is 0 Å². The summed E-state index contributed by atoms with van der Waals surface area (Å²) in [7, 11) is 0. The lowest BCUT2D eigenvalue weighted by Crippen LogP contribution is -2.51. The van der Waals surface area contributed by atoms with E-state index in [1.54, 1.807) is 29.2 Å². The van der Waals surface area contributed by atoms with Gasteiger partial charge in [-0.05, 0) is 37.1 Å². The molecule has 1 aliphatic heterocycles. The lowest BCUT2D eigenvalue weighted by Gasteiger charge is -2.36. The van der Waals surface area contributed by atoms with Crippen LogP contribution in [0.1, 0.15) is 32.1 Å². The lowest BCUT2D eigenvalue weighted by molar-refractivity contribution is -0.132. The summed E-state index contributed by atoms with van der Waals surface area (Å²) in [5.41, 5.74) is 0.560. The number of nitrogens with zero attached hydrogens (tertiary/aromatic N) is 4. The highest BCUT2D eigenvalue weighted by Gasteiger charge is 2.24. The third-order valence-corrected chi connectivity index (χ3v) is 7.46. The molecule has 194 valence electrons. The molecule has 5 rings (SSSR count). The highest BCUT2D eigenvalue weighted by Crippen LogP contribution is 2.18. The molecule has 3 aromatic rings. The van der Waals surface area contributed by atoms with Crippen LogP contribution in [0.3, 0.4) is 0 Å². The first-order valence-corrected chi connectivity index (χ1v) is 13.1. The van der Waals surface area contributed by atoms with E-state index in [1.807, 2.05) is 18.2 Å². The van der Waals surface area contributed by atoms with E-state index >= 15 is 0 Å². The van der Waals surface area contributed by atoms with Crippen molar-refractivity contribution in [3.05, 3.63) is 75.4 Å². The second-order valence-corrected chi connectivity index (χ2v) is 9.84. The molecule has 1 aliphatic carbocycles. The molecule has 0 atom stereocenters. The SMILES string of the molecule is O=C(CCn1c(=O)c2ccccc2n(CC(=O)N2CCN(c3ccccc3)CC2)c1=O)NC1CCCC1. The van der Waals surface area contributed by atoms with Crippen LogP contribution in [0.15, 0.2) is 64.2 Å². The van der Waals surface area contributed by atoms with Crippen LogP contribution in [0.25, 0.3) is 10.9 Å². The number of para-hydroxylation sites is 2. The fraction of sp³-hybridized carbons (Fsp3) is 0.429. The minimum Gasteiger partial charge on any atom is -0.368 e. The number of anilines is 1. The second-order valence-electron chi connectivity index (χ2n) is 9.84. The molecule has 37 heavy (non-hydrogen) atoms. The van der Waals surface area contributed by atoms with Gasteiger partial charge in [0.2, 0.25) is 11.8 Å². The minimum atomic E-state index is -0.561. The van der Waals surface area contributed by atoms with E-state index in [0.717, 1.165) is 35.9 Å². The zero-order valence-corrected chi connectivity index (χ0v) is 21.0. The fourth-order valence-corrected chi connectivity index (χ4v) is 5.39. The van der Waals surface area contributed by atoms with E-state index in [9.17, 15) is 19.2 Å². The molecule has 1 saturated heterocycles. The van der Waals surface area contributed by atoms with Crippen molar-refractivity contribution in [2.75, 3.05) is 31.1 Å². The van der Waals surface area contributed by atoms with Gasteiger partial charge < -0.3 is 15.1 Å².